The van der Waals surface area contributed by atoms with Crippen molar-refractivity contribution in [3.05, 3.63) is 142 Å². The molecule has 0 aromatic heterocycles. The van der Waals surface area contributed by atoms with E-state index in [0.717, 1.165) is 22.3 Å². The lowest BCUT2D eigenvalue weighted by atomic mass is 10.1. The Bertz CT molecular complexity index is 826. The summed E-state index contributed by atoms with van der Waals surface area (Å²) in [5.74, 6) is 0. The average Bonchev–Trinajstić information content (AvgIpc) is 3.32. The van der Waals surface area contributed by atoms with Crippen molar-refractivity contribution in [3.63, 3.8) is 0 Å². The van der Waals surface area contributed by atoms with Crippen LogP contribution in [0.4, 0.5) is 0 Å². The predicted molar refractivity (Wildman–Crippen MR) is 98.6 cm³/mol. The molecule has 0 fully saturated rings. The largest absolute Gasteiger partial charge is 0.152 e. The molecule has 24 heavy (non-hydrogen) atoms. The van der Waals surface area contributed by atoms with Gasteiger partial charge in [0.25, 0.3) is 0 Å². The van der Waals surface area contributed by atoms with Crippen LogP contribution in [0.3, 0.4) is 0 Å². The molecule has 0 aliphatic heterocycles. The Labute approximate surface area is 142 Å². The van der Waals surface area contributed by atoms with Crippen molar-refractivity contribution < 1.29 is 0 Å². The summed E-state index contributed by atoms with van der Waals surface area (Å²) >= 11 is 0. The zero-order chi connectivity index (χ0) is 15.9. The number of rotatable bonds is 0. The number of hydrogen-bond donors (Lipinski definition) is 0. The summed E-state index contributed by atoms with van der Waals surface area (Å²) in [7, 11) is 0. The van der Waals surface area contributed by atoms with Gasteiger partial charge in [0.1, 0.15) is 0 Å². The maximum atomic E-state index is 3.46. The Morgan fingerprint density at radius 3 is 1.25 bits per heavy atom. The molecule has 112 valence electrons. The fourth-order valence-corrected chi connectivity index (χ4v) is 3.24. The van der Waals surface area contributed by atoms with Gasteiger partial charge < -0.3 is 0 Å². The first kappa shape index (κ1) is 13.3. The van der Waals surface area contributed by atoms with Gasteiger partial charge in [-0.1, -0.05) is 58.7 Å². The van der Waals surface area contributed by atoms with Crippen LogP contribution in [0.5, 0.6) is 0 Å². The minimum Gasteiger partial charge on any atom is -0.152 e. The van der Waals surface area contributed by atoms with Crippen LogP contribution in [0.1, 0.15) is 0 Å². The van der Waals surface area contributed by atoms with Crippen LogP contribution in [0.2, 0.25) is 0 Å². The Morgan fingerprint density at radius 1 is 0.375 bits per heavy atom. The molecule has 5 rings (SSSR count). The van der Waals surface area contributed by atoms with Crippen LogP contribution in [0, 0.1) is 12.2 Å². The van der Waals surface area contributed by atoms with Gasteiger partial charge in [0, 0.05) is 0 Å². The standard InChI is InChI=1S/C24H14/c1-2-18-9-17(1)13-19-3-4-21(10-19)15-23-7-8-24(12-23)16-22-6-5-20(11-22)14-18/h1-9,12-16H/q-2. The van der Waals surface area contributed by atoms with Crippen LogP contribution < -0.4 is 0 Å². The molecular formula is C24H14-2. The molecule has 5 aliphatic rings. The molecule has 0 amide bonds. The van der Waals surface area contributed by atoms with Gasteiger partial charge in [-0.05, 0) is 0 Å². The van der Waals surface area contributed by atoms with Gasteiger partial charge in [0.2, 0.25) is 0 Å². The van der Waals surface area contributed by atoms with E-state index in [1.807, 2.05) is 0 Å². The number of hydrogen-bond acceptors (Lipinski definition) is 0. The highest BCUT2D eigenvalue weighted by Crippen LogP contribution is 2.27. The highest BCUT2D eigenvalue weighted by atomic mass is 14.1. The van der Waals surface area contributed by atoms with Crippen molar-refractivity contribution in [2.75, 3.05) is 0 Å². The molecule has 0 aromatic rings. The second kappa shape index (κ2) is 5.21. The van der Waals surface area contributed by atoms with Gasteiger partial charge in [-0.25, -0.2) is 0 Å². The van der Waals surface area contributed by atoms with E-state index < -0.39 is 0 Å². The van der Waals surface area contributed by atoms with Crippen LogP contribution >= 0.6 is 0 Å². The molecule has 0 radical (unpaired) electrons. The Hall–Kier alpha value is -3.12. The van der Waals surface area contributed by atoms with Gasteiger partial charge in [0.15, 0.2) is 0 Å². The highest BCUT2D eigenvalue weighted by Gasteiger charge is 2.03. The monoisotopic (exact) mass is 302 g/mol. The zero-order valence-electron chi connectivity index (χ0n) is 13.1. The Morgan fingerprint density at radius 2 is 0.792 bits per heavy atom. The molecule has 5 aliphatic carbocycles. The van der Waals surface area contributed by atoms with E-state index in [4.69, 9.17) is 0 Å². The van der Waals surface area contributed by atoms with E-state index in [0.29, 0.717) is 0 Å². The molecule has 0 atom stereocenters. The third-order valence-corrected chi connectivity index (χ3v) is 4.35. The van der Waals surface area contributed by atoms with Gasteiger partial charge in [0.05, 0.1) is 0 Å². The average molecular weight is 302 g/mol. The normalized spacial score (nSPS) is 22.7. The van der Waals surface area contributed by atoms with Gasteiger partial charge >= 0.3 is 0 Å². The summed E-state index contributed by atoms with van der Waals surface area (Å²) in [4.78, 5) is 0. The van der Waals surface area contributed by atoms with Gasteiger partial charge in [-0.15, -0.1) is 58.7 Å². The number of allylic oxidation sites excluding steroid dienone is 24. The van der Waals surface area contributed by atoms with Gasteiger partial charge in [-0.3, -0.25) is 0 Å². The van der Waals surface area contributed by atoms with E-state index in [9.17, 15) is 0 Å². The third-order valence-electron chi connectivity index (χ3n) is 4.35. The molecule has 0 heteroatoms. The summed E-state index contributed by atoms with van der Waals surface area (Å²) in [6.07, 6.45) is 37.0. The molecule has 8 bridgehead atoms. The molecule has 0 spiro atoms. The van der Waals surface area contributed by atoms with E-state index >= 15 is 0 Å². The van der Waals surface area contributed by atoms with E-state index in [1.54, 1.807) is 0 Å². The summed E-state index contributed by atoms with van der Waals surface area (Å²) in [5, 5.41) is 0. The van der Waals surface area contributed by atoms with Crippen LogP contribution in [0.25, 0.3) is 0 Å². The Balaban J connectivity index is 1.65. The molecular weight excluding hydrogens is 288 g/mol. The number of fused-ring (bicyclic) bond motifs is 4. The first-order valence-electron chi connectivity index (χ1n) is 8.11. The van der Waals surface area contributed by atoms with E-state index in [2.05, 4.69) is 97.2 Å². The second-order valence-electron chi connectivity index (χ2n) is 6.27. The third kappa shape index (κ3) is 2.53. The highest BCUT2D eigenvalue weighted by molar-refractivity contribution is 5.62. The molecule has 0 saturated heterocycles. The predicted octanol–water partition coefficient (Wildman–Crippen LogP) is 5.30. The van der Waals surface area contributed by atoms with Crippen molar-refractivity contribution in [2.24, 2.45) is 0 Å². The minimum absolute atomic E-state index is 1.12. The fourth-order valence-electron chi connectivity index (χ4n) is 3.24. The molecule has 0 unspecified atom stereocenters. The first-order chi connectivity index (χ1) is 11.8. The molecule has 0 aromatic carbocycles. The molecule has 0 N–H and O–H groups in total. The maximum absolute atomic E-state index is 3.46. The lowest BCUT2D eigenvalue weighted by molar-refractivity contribution is 1.57. The molecule has 0 nitrogen and oxygen atoms in total. The minimum atomic E-state index is 1.12. The summed E-state index contributed by atoms with van der Waals surface area (Å²) in [6.45, 7) is 0. The second-order valence-corrected chi connectivity index (χ2v) is 6.27. The fraction of sp³-hybridized carbons (Fsp3) is 0. The molecule has 0 saturated carbocycles. The van der Waals surface area contributed by atoms with Crippen molar-refractivity contribution in [1.29, 1.82) is 0 Å². The quantitative estimate of drug-likeness (QED) is 0.533. The van der Waals surface area contributed by atoms with Crippen LogP contribution in [-0.4, -0.2) is 0 Å². The van der Waals surface area contributed by atoms with Crippen LogP contribution in [-0.2, 0) is 0 Å². The van der Waals surface area contributed by atoms with Crippen LogP contribution in [0.15, 0.2) is 130 Å². The van der Waals surface area contributed by atoms with Crippen molar-refractivity contribution in [1.82, 2.24) is 0 Å². The van der Waals surface area contributed by atoms with Crippen molar-refractivity contribution in [2.45, 2.75) is 0 Å². The maximum Gasteiger partial charge on any atom is -0.0586 e. The topological polar surface area (TPSA) is 0 Å². The first-order valence-corrected chi connectivity index (χ1v) is 8.11. The van der Waals surface area contributed by atoms with Crippen molar-refractivity contribution >= 4 is 0 Å². The zero-order valence-corrected chi connectivity index (χ0v) is 13.1. The smallest absolute Gasteiger partial charge is 0.0586 e. The lowest BCUT2D eigenvalue weighted by Gasteiger charge is -2.01. The van der Waals surface area contributed by atoms with Crippen molar-refractivity contribution in [3.8, 4) is 0 Å². The summed E-state index contributed by atoms with van der Waals surface area (Å²) < 4.78 is 0. The Kier molecular flexibility index (Phi) is 2.89. The van der Waals surface area contributed by atoms with Gasteiger partial charge in [-0.2, -0.15) is 24.3 Å². The lowest BCUT2D eigenvalue weighted by Crippen LogP contribution is -1.76. The van der Waals surface area contributed by atoms with E-state index in [-0.39, 0.29) is 0 Å². The molecule has 0 heterocycles. The summed E-state index contributed by atoms with van der Waals surface area (Å²) in [5.41, 5.74) is 9.28. The summed E-state index contributed by atoms with van der Waals surface area (Å²) in [6, 6.07) is 0. The van der Waals surface area contributed by atoms with E-state index in [1.165, 1.54) is 22.3 Å². The SMILES string of the molecule is [C-]1=C2C=CC1=CC1=CC(=CC3=[C-]C(=CC4=CC(=C2)C=C4)C=C3)C=C1.